The Hall–Kier alpha value is -0.800. The molecule has 1 aromatic rings. The van der Waals surface area contributed by atoms with Crippen molar-refractivity contribution in [2.45, 2.75) is 24.7 Å². The molecular weight excluding hydrogens is 200 g/mol. The molecule has 2 fully saturated rings. The number of aromatic nitrogens is 1. The number of hydrogen-bond donors (Lipinski definition) is 2. The van der Waals surface area contributed by atoms with E-state index in [1.807, 2.05) is 6.20 Å². The van der Waals surface area contributed by atoms with Crippen LogP contribution in [0.4, 0.5) is 0 Å². The standard InChI is InChI=1S/C13H20N2O/c1-3-11(8-14-5-1)7-13(9-16-10-13)12-4-2-6-15-12/h2,4,6,11,14-15H,1,3,5,7-10H2. The summed E-state index contributed by atoms with van der Waals surface area (Å²) in [5.74, 6) is 0.820. The van der Waals surface area contributed by atoms with Crippen molar-refractivity contribution in [1.82, 2.24) is 10.3 Å². The number of ether oxygens (including phenoxy) is 1. The third-order valence-electron chi connectivity index (χ3n) is 4.00. The highest BCUT2D eigenvalue weighted by molar-refractivity contribution is 5.21. The minimum absolute atomic E-state index is 0.285. The Kier molecular flexibility index (Phi) is 2.74. The van der Waals surface area contributed by atoms with Gasteiger partial charge in [-0.05, 0) is 50.4 Å². The maximum absolute atomic E-state index is 5.46. The molecule has 0 aromatic carbocycles. The fraction of sp³-hybridized carbons (Fsp3) is 0.692. The van der Waals surface area contributed by atoms with Crippen molar-refractivity contribution < 1.29 is 4.74 Å². The molecule has 1 aromatic heterocycles. The van der Waals surface area contributed by atoms with Crippen LogP contribution in [0.2, 0.25) is 0 Å². The lowest BCUT2D eigenvalue weighted by Gasteiger charge is -2.44. The van der Waals surface area contributed by atoms with Crippen LogP contribution in [0, 0.1) is 5.92 Å². The van der Waals surface area contributed by atoms with Gasteiger partial charge in [0.05, 0.1) is 18.6 Å². The van der Waals surface area contributed by atoms with Gasteiger partial charge in [-0.25, -0.2) is 0 Å². The topological polar surface area (TPSA) is 37.0 Å². The van der Waals surface area contributed by atoms with Gasteiger partial charge >= 0.3 is 0 Å². The zero-order valence-electron chi connectivity index (χ0n) is 9.67. The molecule has 0 spiro atoms. The van der Waals surface area contributed by atoms with E-state index in [-0.39, 0.29) is 5.41 Å². The van der Waals surface area contributed by atoms with Crippen molar-refractivity contribution in [1.29, 1.82) is 0 Å². The van der Waals surface area contributed by atoms with E-state index in [4.69, 9.17) is 4.74 Å². The molecule has 88 valence electrons. The van der Waals surface area contributed by atoms with Gasteiger partial charge in [0.25, 0.3) is 0 Å². The first-order valence-electron chi connectivity index (χ1n) is 6.31. The van der Waals surface area contributed by atoms with Crippen LogP contribution in [0.1, 0.15) is 25.0 Å². The summed E-state index contributed by atoms with van der Waals surface area (Å²) >= 11 is 0. The number of aromatic amines is 1. The Labute approximate surface area is 96.6 Å². The van der Waals surface area contributed by atoms with E-state index in [2.05, 4.69) is 22.4 Å². The fourth-order valence-electron chi connectivity index (χ4n) is 3.04. The second-order valence-electron chi connectivity index (χ2n) is 5.27. The fourth-order valence-corrected chi connectivity index (χ4v) is 3.04. The SMILES string of the molecule is c1c[nH]c(C2(CC3CCCNC3)COC2)c1. The average Bonchev–Trinajstić information content (AvgIpc) is 2.78. The minimum atomic E-state index is 0.285. The number of H-pyrrole nitrogens is 1. The number of piperidine rings is 1. The molecule has 2 saturated heterocycles. The molecule has 3 rings (SSSR count). The van der Waals surface area contributed by atoms with Crippen LogP contribution >= 0.6 is 0 Å². The molecule has 3 nitrogen and oxygen atoms in total. The Morgan fingerprint density at radius 2 is 2.38 bits per heavy atom. The third kappa shape index (κ3) is 1.78. The van der Waals surface area contributed by atoms with Crippen LogP contribution in [0.25, 0.3) is 0 Å². The van der Waals surface area contributed by atoms with Gasteiger partial charge in [0.1, 0.15) is 0 Å². The molecule has 2 N–H and O–H groups in total. The summed E-state index contributed by atoms with van der Waals surface area (Å²) in [4.78, 5) is 3.37. The van der Waals surface area contributed by atoms with E-state index >= 15 is 0 Å². The average molecular weight is 220 g/mol. The van der Waals surface area contributed by atoms with Crippen molar-refractivity contribution in [2.24, 2.45) is 5.92 Å². The molecule has 0 amide bonds. The lowest BCUT2D eigenvalue weighted by Crippen LogP contribution is -2.49. The van der Waals surface area contributed by atoms with E-state index < -0.39 is 0 Å². The van der Waals surface area contributed by atoms with Crippen LogP contribution < -0.4 is 5.32 Å². The summed E-state index contributed by atoms with van der Waals surface area (Å²) in [5.41, 5.74) is 1.65. The first-order chi connectivity index (χ1) is 7.89. The number of hydrogen-bond acceptors (Lipinski definition) is 2. The molecule has 16 heavy (non-hydrogen) atoms. The van der Waals surface area contributed by atoms with Crippen molar-refractivity contribution in [3.8, 4) is 0 Å². The zero-order valence-corrected chi connectivity index (χ0v) is 9.67. The van der Waals surface area contributed by atoms with E-state index in [9.17, 15) is 0 Å². The molecule has 1 unspecified atom stereocenters. The van der Waals surface area contributed by atoms with Crippen molar-refractivity contribution in [3.05, 3.63) is 24.0 Å². The second-order valence-corrected chi connectivity index (χ2v) is 5.27. The molecule has 0 radical (unpaired) electrons. The lowest BCUT2D eigenvalue weighted by molar-refractivity contribution is -0.0745. The van der Waals surface area contributed by atoms with Gasteiger partial charge in [-0.1, -0.05) is 0 Å². The van der Waals surface area contributed by atoms with Gasteiger partial charge in [0.2, 0.25) is 0 Å². The summed E-state index contributed by atoms with van der Waals surface area (Å²) in [6.07, 6.45) is 5.98. The van der Waals surface area contributed by atoms with Crippen LogP contribution in [0.15, 0.2) is 18.3 Å². The highest BCUT2D eigenvalue weighted by Crippen LogP contribution is 2.38. The maximum Gasteiger partial charge on any atom is 0.0600 e. The second kappa shape index (κ2) is 4.22. The van der Waals surface area contributed by atoms with Crippen LogP contribution in [-0.2, 0) is 10.2 Å². The van der Waals surface area contributed by atoms with Gasteiger partial charge in [-0.15, -0.1) is 0 Å². The minimum Gasteiger partial charge on any atom is -0.379 e. The molecule has 0 aliphatic carbocycles. The van der Waals surface area contributed by atoms with Gasteiger partial charge in [-0.2, -0.15) is 0 Å². The monoisotopic (exact) mass is 220 g/mol. The Bertz CT molecular complexity index is 324. The van der Waals surface area contributed by atoms with Crippen molar-refractivity contribution >= 4 is 0 Å². The molecule has 3 heteroatoms. The first-order valence-corrected chi connectivity index (χ1v) is 6.31. The first kappa shape index (κ1) is 10.4. The predicted octanol–water partition coefficient (Wildman–Crippen LogP) is 1.67. The van der Waals surface area contributed by atoms with Gasteiger partial charge in [0, 0.05) is 11.9 Å². The predicted molar refractivity (Wildman–Crippen MR) is 63.5 cm³/mol. The van der Waals surface area contributed by atoms with E-state index in [1.165, 1.54) is 38.0 Å². The highest BCUT2D eigenvalue weighted by atomic mass is 16.5. The van der Waals surface area contributed by atoms with E-state index in [1.54, 1.807) is 0 Å². The van der Waals surface area contributed by atoms with Gasteiger partial charge in [-0.3, -0.25) is 0 Å². The molecule has 3 heterocycles. The molecular formula is C13H20N2O. The normalized spacial score (nSPS) is 28.6. The molecule has 0 bridgehead atoms. The summed E-state index contributed by atoms with van der Waals surface area (Å²) in [6, 6.07) is 4.30. The lowest BCUT2D eigenvalue weighted by atomic mass is 9.73. The maximum atomic E-state index is 5.46. The Morgan fingerprint density at radius 3 is 2.94 bits per heavy atom. The number of rotatable bonds is 3. The summed E-state index contributed by atoms with van der Waals surface area (Å²) in [6.45, 7) is 4.17. The third-order valence-corrected chi connectivity index (χ3v) is 4.00. The van der Waals surface area contributed by atoms with Gasteiger partial charge in [0.15, 0.2) is 0 Å². The number of nitrogens with one attached hydrogen (secondary N) is 2. The summed E-state index contributed by atoms with van der Waals surface area (Å²) < 4.78 is 5.46. The van der Waals surface area contributed by atoms with E-state index in [0.29, 0.717) is 0 Å². The summed E-state index contributed by atoms with van der Waals surface area (Å²) in [5, 5.41) is 3.50. The molecule has 0 saturated carbocycles. The van der Waals surface area contributed by atoms with Crippen LogP contribution in [-0.4, -0.2) is 31.3 Å². The zero-order chi connectivity index (χ0) is 10.8. The molecule has 2 aliphatic heterocycles. The Balaban J connectivity index is 1.70. The van der Waals surface area contributed by atoms with E-state index in [0.717, 1.165) is 19.1 Å². The smallest absolute Gasteiger partial charge is 0.0600 e. The van der Waals surface area contributed by atoms with Crippen LogP contribution in [0.5, 0.6) is 0 Å². The summed E-state index contributed by atoms with van der Waals surface area (Å²) in [7, 11) is 0. The largest absolute Gasteiger partial charge is 0.379 e. The van der Waals surface area contributed by atoms with Gasteiger partial charge < -0.3 is 15.0 Å². The van der Waals surface area contributed by atoms with Crippen molar-refractivity contribution in [2.75, 3.05) is 26.3 Å². The Morgan fingerprint density at radius 1 is 1.44 bits per heavy atom. The molecule has 1 atom stereocenters. The quantitative estimate of drug-likeness (QED) is 0.813. The van der Waals surface area contributed by atoms with Crippen LogP contribution in [0.3, 0.4) is 0 Å². The molecule has 2 aliphatic rings. The highest BCUT2D eigenvalue weighted by Gasteiger charge is 2.42. The van der Waals surface area contributed by atoms with Crippen molar-refractivity contribution in [3.63, 3.8) is 0 Å².